The van der Waals surface area contributed by atoms with Gasteiger partial charge in [0.05, 0.1) is 33.3 Å². The van der Waals surface area contributed by atoms with Crippen LogP contribution < -0.4 is 0 Å². The second-order valence-electron chi connectivity index (χ2n) is 5.68. The van der Waals surface area contributed by atoms with Gasteiger partial charge in [0.15, 0.2) is 0 Å². The number of aliphatic hydroxyl groups excluding tert-OH is 1. The highest BCUT2D eigenvalue weighted by molar-refractivity contribution is 6.42. The minimum atomic E-state index is -0.738. The maximum atomic E-state index is 10.7. The molecule has 0 spiro atoms. The first-order valence-electron chi connectivity index (χ1n) is 7.51. The summed E-state index contributed by atoms with van der Waals surface area (Å²) in [4.78, 5) is 0. The van der Waals surface area contributed by atoms with E-state index in [0.29, 0.717) is 33.3 Å². The first-order valence-corrected chi connectivity index (χ1v) is 9.02. The van der Waals surface area contributed by atoms with Crippen molar-refractivity contribution in [3.8, 4) is 0 Å². The zero-order valence-electron chi connectivity index (χ0n) is 13.0. The quantitative estimate of drug-likeness (QED) is 0.636. The fourth-order valence-corrected chi connectivity index (χ4v) is 3.17. The van der Waals surface area contributed by atoms with Crippen LogP contribution in [0.15, 0.2) is 47.5 Å². The minimum absolute atomic E-state index is 0.347. The van der Waals surface area contributed by atoms with E-state index in [-0.39, 0.29) is 0 Å². The number of benzene rings is 2. The zero-order chi connectivity index (χ0) is 18.0. The average molecular weight is 416 g/mol. The molecule has 1 aliphatic heterocycles. The molecule has 25 heavy (non-hydrogen) atoms. The fourth-order valence-electron chi connectivity index (χ4n) is 2.56. The lowest BCUT2D eigenvalue weighted by molar-refractivity contribution is 0.107. The van der Waals surface area contributed by atoms with Crippen molar-refractivity contribution < 1.29 is 9.84 Å². The molecule has 1 N–H and O–H groups in total. The second kappa shape index (κ2) is 8.13. The Labute approximate surface area is 166 Å². The van der Waals surface area contributed by atoms with Gasteiger partial charge in [-0.1, -0.05) is 70.7 Å². The largest absolute Gasteiger partial charge is 0.384 e. The number of ether oxygens (including phenoxy) is 1. The summed E-state index contributed by atoms with van der Waals surface area (Å²) >= 11 is 24.0. The molecule has 6 heteroatoms. The Bertz CT molecular complexity index is 789. The first kappa shape index (κ1) is 18.8. The molecule has 2 aromatic rings. The van der Waals surface area contributed by atoms with Gasteiger partial charge >= 0.3 is 0 Å². The van der Waals surface area contributed by atoms with Crippen molar-refractivity contribution in [3.05, 3.63) is 78.8 Å². The molecule has 3 rings (SSSR count). The van der Waals surface area contributed by atoms with Crippen molar-refractivity contribution >= 4 is 58.6 Å². The van der Waals surface area contributed by atoms with E-state index in [1.165, 1.54) is 0 Å². The molecule has 0 saturated carbocycles. The van der Waals surface area contributed by atoms with Gasteiger partial charge in [0.25, 0.3) is 0 Å². The van der Waals surface area contributed by atoms with E-state index in [0.717, 1.165) is 22.3 Å². The second-order valence-corrected chi connectivity index (χ2v) is 7.31. The van der Waals surface area contributed by atoms with Gasteiger partial charge in [-0.05, 0) is 46.5 Å². The maximum absolute atomic E-state index is 10.7. The van der Waals surface area contributed by atoms with Gasteiger partial charge in [-0.2, -0.15) is 0 Å². The summed E-state index contributed by atoms with van der Waals surface area (Å²) in [6.45, 7) is 0.695. The monoisotopic (exact) mass is 414 g/mol. The summed E-state index contributed by atoms with van der Waals surface area (Å²) < 4.78 is 5.60. The number of aliphatic hydroxyl groups is 1. The van der Waals surface area contributed by atoms with Gasteiger partial charge in [0.2, 0.25) is 0 Å². The molecular formula is C19H14Cl4O2. The van der Waals surface area contributed by atoms with Crippen LogP contribution in [0.1, 0.15) is 11.1 Å². The van der Waals surface area contributed by atoms with E-state index in [1.54, 1.807) is 24.3 Å². The van der Waals surface area contributed by atoms with Crippen LogP contribution in [0, 0.1) is 0 Å². The van der Waals surface area contributed by atoms with Gasteiger partial charge < -0.3 is 9.84 Å². The molecular weight excluding hydrogens is 402 g/mol. The van der Waals surface area contributed by atoms with Crippen molar-refractivity contribution in [2.45, 2.75) is 6.10 Å². The zero-order valence-corrected chi connectivity index (χ0v) is 16.0. The van der Waals surface area contributed by atoms with E-state index in [4.69, 9.17) is 51.1 Å². The Hall–Kier alpha value is -1.000. The van der Waals surface area contributed by atoms with Crippen LogP contribution in [0.4, 0.5) is 0 Å². The van der Waals surface area contributed by atoms with Crippen LogP contribution in [0.2, 0.25) is 20.1 Å². The molecule has 0 atom stereocenters. The average Bonchev–Trinajstić information content (AvgIpc) is 2.58. The Morgan fingerprint density at radius 1 is 0.760 bits per heavy atom. The number of rotatable bonds is 2. The van der Waals surface area contributed by atoms with Crippen molar-refractivity contribution in [1.29, 1.82) is 0 Å². The van der Waals surface area contributed by atoms with E-state index in [2.05, 4.69) is 0 Å². The predicted octanol–water partition coefficient (Wildman–Crippen LogP) is 6.16. The lowest BCUT2D eigenvalue weighted by atomic mass is 9.96. The summed E-state index contributed by atoms with van der Waals surface area (Å²) in [5.41, 5.74) is 3.19. The van der Waals surface area contributed by atoms with Crippen LogP contribution in [0.25, 0.3) is 12.2 Å². The number of halogens is 4. The Morgan fingerprint density at radius 2 is 1.20 bits per heavy atom. The first-order chi connectivity index (χ1) is 11.9. The summed E-state index contributed by atoms with van der Waals surface area (Å²) in [6, 6.07) is 10.6. The topological polar surface area (TPSA) is 29.5 Å². The number of hydrogen-bond donors (Lipinski definition) is 1. The molecule has 0 unspecified atom stereocenters. The summed E-state index contributed by atoms with van der Waals surface area (Å²) in [5.74, 6) is 0. The van der Waals surface area contributed by atoms with Crippen molar-refractivity contribution in [2.75, 3.05) is 13.2 Å². The Balaban J connectivity index is 1.88. The van der Waals surface area contributed by atoms with E-state index in [9.17, 15) is 5.11 Å². The molecule has 1 fully saturated rings. The minimum Gasteiger partial charge on any atom is -0.384 e. The van der Waals surface area contributed by atoms with Crippen LogP contribution in [0.5, 0.6) is 0 Å². The highest BCUT2D eigenvalue weighted by Gasteiger charge is 2.22. The molecule has 0 bridgehead atoms. The van der Waals surface area contributed by atoms with Gasteiger partial charge in [-0.25, -0.2) is 0 Å². The smallest absolute Gasteiger partial charge is 0.101 e. The third-order valence-corrected chi connectivity index (χ3v) is 5.31. The standard InChI is InChI=1S/C19H14Cl4O2/c20-15-3-1-11(7-17(15)22)5-13-9-25-10-14(19(13)24)6-12-2-4-16(21)18(23)8-12/h1-8,19,24H,9-10H2/b13-5+,14-6+. The van der Waals surface area contributed by atoms with Gasteiger partial charge in [0, 0.05) is 0 Å². The van der Waals surface area contributed by atoms with E-state index >= 15 is 0 Å². The molecule has 1 saturated heterocycles. The Kier molecular flexibility index (Phi) is 6.11. The molecule has 1 heterocycles. The summed E-state index contributed by atoms with van der Waals surface area (Å²) in [5, 5.41) is 12.6. The van der Waals surface area contributed by atoms with E-state index < -0.39 is 6.10 Å². The SMILES string of the molecule is OC1/C(=C/c2ccc(Cl)c(Cl)c2)COC/C1=C\c1ccc(Cl)c(Cl)c1. The molecule has 0 aromatic heterocycles. The van der Waals surface area contributed by atoms with E-state index in [1.807, 2.05) is 24.3 Å². The number of hydrogen-bond acceptors (Lipinski definition) is 2. The Morgan fingerprint density at radius 3 is 1.60 bits per heavy atom. The van der Waals surface area contributed by atoms with Crippen LogP contribution in [-0.4, -0.2) is 24.4 Å². The maximum Gasteiger partial charge on any atom is 0.101 e. The summed E-state index contributed by atoms with van der Waals surface area (Å²) in [7, 11) is 0. The van der Waals surface area contributed by atoms with Crippen LogP contribution in [-0.2, 0) is 4.74 Å². The third kappa shape index (κ3) is 4.59. The van der Waals surface area contributed by atoms with Gasteiger partial charge in [0.1, 0.15) is 6.10 Å². The third-order valence-electron chi connectivity index (χ3n) is 3.83. The van der Waals surface area contributed by atoms with Crippen LogP contribution in [0.3, 0.4) is 0 Å². The normalized spacial score (nSPS) is 21.1. The highest BCUT2D eigenvalue weighted by Crippen LogP contribution is 2.28. The van der Waals surface area contributed by atoms with Crippen LogP contribution >= 0.6 is 46.4 Å². The lowest BCUT2D eigenvalue weighted by Gasteiger charge is -2.25. The fraction of sp³-hybridized carbons (Fsp3) is 0.158. The van der Waals surface area contributed by atoms with Crippen molar-refractivity contribution in [2.24, 2.45) is 0 Å². The van der Waals surface area contributed by atoms with Crippen molar-refractivity contribution in [1.82, 2.24) is 0 Å². The molecule has 1 aliphatic rings. The molecule has 2 aromatic carbocycles. The summed E-state index contributed by atoms with van der Waals surface area (Å²) in [6.07, 6.45) is 2.97. The molecule has 2 nitrogen and oxygen atoms in total. The molecule has 130 valence electrons. The molecule has 0 amide bonds. The predicted molar refractivity (Wildman–Crippen MR) is 106 cm³/mol. The molecule has 0 radical (unpaired) electrons. The van der Waals surface area contributed by atoms with Crippen molar-refractivity contribution in [3.63, 3.8) is 0 Å². The lowest BCUT2D eigenvalue weighted by Crippen LogP contribution is -2.26. The molecule has 0 aliphatic carbocycles. The highest BCUT2D eigenvalue weighted by atomic mass is 35.5. The van der Waals surface area contributed by atoms with Gasteiger partial charge in [-0.15, -0.1) is 0 Å². The van der Waals surface area contributed by atoms with Gasteiger partial charge in [-0.3, -0.25) is 0 Å².